The molecular weight excluding hydrogens is 552 g/mol. The number of anilines is 3. The average molecular weight is 581 g/mol. The van der Waals surface area contributed by atoms with E-state index in [1.807, 2.05) is 32.0 Å². The van der Waals surface area contributed by atoms with Gasteiger partial charge in [-0.2, -0.15) is 10.5 Å². The molecule has 0 fully saturated rings. The second-order valence-electron chi connectivity index (χ2n) is 9.48. The molecule has 2 N–H and O–H groups in total. The van der Waals surface area contributed by atoms with E-state index in [1.54, 1.807) is 54.6 Å². The minimum atomic E-state index is -0.308. The Morgan fingerprint density at radius 3 is 2.62 bits per heavy atom. The predicted molar refractivity (Wildman–Crippen MR) is 164 cm³/mol. The van der Waals surface area contributed by atoms with Crippen molar-refractivity contribution < 1.29 is 14.3 Å². The standard InChI is InChI=1S/C32H29ClN6O3/c1-4-41-30-16-27-25(15-28(30)38-31(40)9-6-12-39(2)3)32(23(18-35)19-36-27)37-24-10-11-29(26(33)14-24)42-20-22-8-5-7-21(13-22)17-34/h5-11,13-16,19H,4,12,20H2,1-3H3,(H,36,37)(H,38,40)/b9-6+. The summed E-state index contributed by atoms with van der Waals surface area (Å²) in [5.74, 6) is 0.628. The largest absolute Gasteiger partial charge is 0.492 e. The van der Waals surface area contributed by atoms with E-state index in [2.05, 4.69) is 27.8 Å². The SMILES string of the molecule is CCOc1cc2ncc(C#N)c(Nc3ccc(OCc4cccc(C#N)c4)c(Cl)c3)c2cc1NC(=O)/C=C/CN(C)C. The number of pyridine rings is 1. The van der Waals surface area contributed by atoms with Gasteiger partial charge in [-0.1, -0.05) is 29.8 Å². The van der Waals surface area contributed by atoms with E-state index < -0.39 is 0 Å². The molecule has 3 aromatic carbocycles. The van der Waals surface area contributed by atoms with Gasteiger partial charge in [-0.05, 0) is 63.0 Å². The molecule has 0 radical (unpaired) electrons. The van der Waals surface area contributed by atoms with Crippen molar-refractivity contribution in [2.45, 2.75) is 13.5 Å². The Balaban J connectivity index is 1.63. The highest BCUT2D eigenvalue weighted by molar-refractivity contribution is 6.32. The summed E-state index contributed by atoms with van der Waals surface area (Å²) in [4.78, 5) is 19.0. The maximum atomic E-state index is 12.6. The molecule has 0 aliphatic heterocycles. The Morgan fingerprint density at radius 1 is 1.07 bits per heavy atom. The summed E-state index contributed by atoms with van der Waals surface area (Å²) in [6.07, 6.45) is 4.71. The first kappa shape index (κ1) is 29.9. The molecule has 0 aliphatic carbocycles. The number of halogens is 1. The van der Waals surface area contributed by atoms with E-state index in [9.17, 15) is 10.1 Å². The van der Waals surface area contributed by atoms with Crippen LogP contribution in [0.3, 0.4) is 0 Å². The highest BCUT2D eigenvalue weighted by atomic mass is 35.5. The Bertz CT molecular complexity index is 1720. The number of rotatable bonds is 11. The van der Waals surface area contributed by atoms with Gasteiger partial charge in [0, 0.05) is 36.0 Å². The number of carbonyl (C=O) groups is 1. The van der Waals surface area contributed by atoms with Gasteiger partial charge in [-0.3, -0.25) is 9.78 Å². The zero-order chi connectivity index (χ0) is 30.1. The molecule has 1 heterocycles. The fourth-order valence-corrected chi connectivity index (χ4v) is 4.32. The van der Waals surface area contributed by atoms with Crippen molar-refractivity contribution in [3.05, 3.63) is 94.7 Å². The van der Waals surface area contributed by atoms with Crippen LogP contribution in [0, 0.1) is 22.7 Å². The summed E-state index contributed by atoms with van der Waals surface area (Å²) in [6, 6.07) is 20.1. The average Bonchev–Trinajstić information content (AvgIpc) is 2.97. The van der Waals surface area contributed by atoms with Crippen LogP contribution in [0.15, 0.2) is 72.9 Å². The first-order valence-corrected chi connectivity index (χ1v) is 13.5. The van der Waals surface area contributed by atoms with Gasteiger partial charge in [-0.25, -0.2) is 0 Å². The molecule has 0 bridgehead atoms. The van der Waals surface area contributed by atoms with Crippen molar-refractivity contribution in [1.29, 1.82) is 10.5 Å². The predicted octanol–water partition coefficient (Wildman–Crippen LogP) is 6.41. The van der Waals surface area contributed by atoms with Crippen molar-refractivity contribution >= 4 is 45.5 Å². The molecule has 4 rings (SSSR count). The Hall–Kier alpha value is -5.09. The summed E-state index contributed by atoms with van der Waals surface area (Å²) in [7, 11) is 3.83. The number of aromatic nitrogens is 1. The van der Waals surface area contributed by atoms with E-state index in [-0.39, 0.29) is 12.5 Å². The molecule has 9 nitrogen and oxygen atoms in total. The van der Waals surface area contributed by atoms with Crippen LogP contribution in [0.4, 0.5) is 17.1 Å². The molecule has 0 saturated heterocycles. The van der Waals surface area contributed by atoms with Crippen LogP contribution in [-0.2, 0) is 11.4 Å². The van der Waals surface area contributed by atoms with Crippen molar-refractivity contribution in [2.75, 3.05) is 37.9 Å². The smallest absolute Gasteiger partial charge is 0.248 e. The van der Waals surface area contributed by atoms with E-state index in [1.165, 1.54) is 12.3 Å². The molecule has 0 atom stereocenters. The number of likely N-dealkylation sites (N-methyl/N-ethyl adjacent to an activating group) is 1. The number of hydrogen-bond donors (Lipinski definition) is 2. The number of benzene rings is 3. The van der Waals surface area contributed by atoms with Gasteiger partial charge in [0.15, 0.2) is 0 Å². The molecular formula is C32H29ClN6O3. The van der Waals surface area contributed by atoms with Gasteiger partial charge in [0.25, 0.3) is 0 Å². The van der Waals surface area contributed by atoms with Crippen LogP contribution >= 0.6 is 11.6 Å². The Labute approximate surface area is 249 Å². The van der Waals surface area contributed by atoms with Crippen molar-refractivity contribution in [1.82, 2.24) is 9.88 Å². The lowest BCUT2D eigenvalue weighted by atomic mass is 10.1. The number of amides is 1. The summed E-state index contributed by atoms with van der Waals surface area (Å²) < 4.78 is 11.7. The highest BCUT2D eigenvalue weighted by Gasteiger charge is 2.16. The monoisotopic (exact) mass is 580 g/mol. The summed E-state index contributed by atoms with van der Waals surface area (Å²) in [6.45, 7) is 3.11. The molecule has 1 amide bonds. The number of ether oxygens (including phenoxy) is 2. The molecule has 0 unspecified atom stereocenters. The van der Waals surface area contributed by atoms with Gasteiger partial charge < -0.3 is 25.0 Å². The maximum absolute atomic E-state index is 12.6. The molecule has 0 saturated carbocycles. The van der Waals surface area contributed by atoms with Crippen LogP contribution in [0.1, 0.15) is 23.6 Å². The first-order valence-electron chi connectivity index (χ1n) is 13.1. The molecule has 4 aromatic rings. The third-order valence-corrected chi connectivity index (χ3v) is 6.33. The fraction of sp³-hybridized carbons (Fsp3) is 0.188. The number of fused-ring (bicyclic) bond motifs is 1. The third kappa shape index (κ3) is 7.55. The topological polar surface area (TPSA) is 123 Å². The van der Waals surface area contributed by atoms with Crippen LogP contribution < -0.4 is 20.1 Å². The zero-order valence-corrected chi connectivity index (χ0v) is 24.2. The van der Waals surface area contributed by atoms with Crippen LogP contribution in [0.25, 0.3) is 10.9 Å². The molecule has 42 heavy (non-hydrogen) atoms. The van der Waals surface area contributed by atoms with Crippen molar-refractivity contribution in [2.24, 2.45) is 0 Å². The normalized spacial score (nSPS) is 10.8. The van der Waals surface area contributed by atoms with Gasteiger partial charge in [-0.15, -0.1) is 0 Å². The van der Waals surface area contributed by atoms with E-state index >= 15 is 0 Å². The van der Waals surface area contributed by atoms with Crippen LogP contribution in [0.2, 0.25) is 5.02 Å². The van der Waals surface area contributed by atoms with Crippen LogP contribution in [-0.4, -0.2) is 43.0 Å². The molecule has 212 valence electrons. The summed E-state index contributed by atoms with van der Waals surface area (Å²) >= 11 is 6.54. The number of nitrogens with zero attached hydrogens (tertiary/aromatic N) is 4. The van der Waals surface area contributed by atoms with E-state index in [0.717, 1.165) is 5.56 Å². The lowest BCUT2D eigenvalue weighted by Gasteiger charge is -2.16. The van der Waals surface area contributed by atoms with Crippen molar-refractivity contribution in [3.8, 4) is 23.6 Å². The summed E-state index contributed by atoms with van der Waals surface area (Å²) in [5, 5.41) is 26.1. The van der Waals surface area contributed by atoms with Crippen molar-refractivity contribution in [3.63, 3.8) is 0 Å². The number of nitrogens with one attached hydrogen (secondary N) is 2. The van der Waals surface area contributed by atoms with Gasteiger partial charge >= 0.3 is 0 Å². The Kier molecular flexibility index (Phi) is 9.96. The zero-order valence-electron chi connectivity index (χ0n) is 23.4. The fourth-order valence-electron chi connectivity index (χ4n) is 4.09. The molecule has 10 heteroatoms. The Morgan fingerprint density at radius 2 is 1.90 bits per heavy atom. The number of hydrogen-bond acceptors (Lipinski definition) is 8. The van der Waals surface area contributed by atoms with E-state index in [0.29, 0.717) is 68.8 Å². The summed E-state index contributed by atoms with van der Waals surface area (Å²) in [5.41, 5.74) is 3.85. The molecule has 0 aliphatic rings. The third-order valence-electron chi connectivity index (χ3n) is 6.04. The number of nitriles is 2. The van der Waals surface area contributed by atoms with Gasteiger partial charge in [0.05, 0.1) is 45.7 Å². The highest BCUT2D eigenvalue weighted by Crippen LogP contribution is 2.37. The maximum Gasteiger partial charge on any atom is 0.248 e. The minimum absolute atomic E-state index is 0.247. The van der Waals surface area contributed by atoms with E-state index in [4.69, 9.17) is 26.3 Å². The first-order chi connectivity index (χ1) is 20.3. The molecule has 1 aromatic heterocycles. The minimum Gasteiger partial charge on any atom is -0.492 e. The van der Waals surface area contributed by atoms with Gasteiger partial charge in [0.1, 0.15) is 24.2 Å². The number of carbonyl (C=O) groups excluding carboxylic acids is 1. The molecule has 0 spiro atoms. The van der Waals surface area contributed by atoms with Gasteiger partial charge in [0.2, 0.25) is 5.91 Å². The lowest BCUT2D eigenvalue weighted by Crippen LogP contribution is -2.13. The van der Waals surface area contributed by atoms with Crippen LogP contribution in [0.5, 0.6) is 11.5 Å². The lowest BCUT2D eigenvalue weighted by molar-refractivity contribution is -0.111. The second kappa shape index (κ2) is 14.0. The quantitative estimate of drug-likeness (QED) is 0.195. The second-order valence-corrected chi connectivity index (χ2v) is 9.89.